The van der Waals surface area contributed by atoms with Crippen molar-refractivity contribution in [3.63, 3.8) is 0 Å². The first kappa shape index (κ1) is 12.6. The summed E-state index contributed by atoms with van der Waals surface area (Å²) in [7, 11) is 0. The summed E-state index contributed by atoms with van der Waals surface area (Å²) in [4.78, 5) is 4.31. The van der Waals surface area contributed by atoms with Gasteiger partial charge in [-0.3, -0.25) is 4.98 Å². The number of aliphatic hydroxyl groups excluding tert-OH is 1. The van der Waals surface area contributed by atoms with Crippen molar-refractivity contribution in [3.8, 4) is 11.5 Å². The quantitative estimate of drug-likeness (QED) is 0.775. The molecule has 0 aliphatic carbocycles. The number of para-hydroxylation sites is 1. The molecule has 0 bridgehead atoms. The van der Waals surface area contributed by atoms with E-state index in [4.69, 9.17) is 4.74 Å². The number of ether oxygens (including phenoxy) is 1. The van der Waals surface area contributed by atoms with Crippen molar-refractivity contribution in [2.24, 2.45) is 0 Å². The van der Waals surface area contributed by atoms with E-state index in [2.05, 4.69) is 4.98 Å². The molecule has 1 aromatic heterocycles. The molecule has 0 fully saturated rings. The highest BCUT2D eigenvalue weighted by Gasteiger charge is 2.09. The lowest BCUT2D eigenvalue weighted by Crippen LogP contribution is -1.95. The highest BCUT2D eigenvalue weighted by molar-refractivity contribution is 5.79. The predicted molar refractivity (Wildman–Crippen MR) is 78.9 cm³/mol. The molecule has 0 amide bonds. The van der Waals surface area contributed by atoms with Crippen LogP contribution in [-0.4, -0.2) is 10.1 Å². The second-order valence-corrected chi connectivity index (χ2v) is 4.67. The fourth-order valence-electron chi connectivity index (χ4n) is 2.16. The van der Waals surface area contributed by atoms with Gasteiger partial charge in [0.1, 0.15) is 11.5 Å². The van der Waals surface area contributed by atoms with Crippen molar-refractivity contribution in [1.82, 2.24) is 4.98 Å². The van der Waals surface area contributed by atoms with Gasteiger partial charge in [0, 0.05) is 23.2 Å². The average molecular weight is 265 g/mol. The summed E-state index contributed by atoms with van der Waals surface area (Å²) in [5.41, 5.74) is 1.66. The van der Waals surface area contributed by atoms with Crippen LogP contribution in [0.25, 0.3) is 10.9 Å². The number of hydrogen-bond acceptors (Lipinski definition) is 3. The smallest absolute Gasteiger partial charge is 0.133 e. The molecule has 0 saturated heterocycles. The monoisotopic (exact) mass is 265 g/mol. The molecule has 1 N–H and O–H groups in total. The zero-order valence-corrected chi connectivity index (χ0v) is 11.2. The van der Waals surface area contributed by atoms with Crippen LogP contribution in [0.1, 0.15) is 18.6 Å². The Morgan fingerprint density at radius 3 is 2.75 bits per heavy atom. The van der Waals surface area contributed by atoms with Gasteiger partial charge in [0.05, 0.1) is 11.6 Å². The van der Waals surface area contributed by atoms with Gasteiger partial charge < -0.3 is 9.84 Å². The number of pyridine rings is 1. The Morgan fingerprint density at radius 1 is 1.05 bits per heavy atom. The molecule has 1 atom stereocenters. The number of aromatic nitrogens is 1. The Labute approximate surface area is 117 Å². The molecule has 100 valence electrons. The first-order valence-electron chi connectivity index (χ1n) is 6.54. The minimum absolute atomic E-state index is 0.565. The largest absolute Gasteiger partial charge is 0.457 e. The second-order valence-electron chi connectivity index (χ2n) is 4.67. The van der Waals surface area contributed by atoms with Gasteiger partial charge in [-0.25, -0.2) is 0 Å². The molecule has 0 aliphatic heterocycles. The molecule has 1 heterocycles. The van der Waals surface area contributed by atoms with Gasteiger partial charge in [0.15, 0.2) is 0 Å². The van der Waals surface area contributed by atoms with Crippen molar-refractivity contribution in [2.45, 2.75) is 13.0 Å². The van der Waals surface area contributed by atoms with Crippen LogP contribution in [-0.2, 0) is 0 Å². The maximum Gasteiger partial charge on any atom is 0.133 e. The van der Waals surface area contributed by atoms with Gasteiger partial charge in [-0.1, -0.05) is 24.3 Å². The summed E-state index contributed by atoms with van der Waals surface area (Å²) < 4.78 is 5.88. The van der Waals surface area contributed by atoms with E-state index in [1.807, 2.05) is 54.6 Å². The Bertz CT molecular complexity index is 738. The summed E-state index contributed by atoms with van der Waals surface area (Å²) in [6.07, 6.45) is 1.19. The van der Waals surface area contributed by atoms with Gasteiger partial charge in [-0.2, -0.15) is 0 Å². The highest BCUT2D eigenvalue weighted by atomic mass is 16.5. The Balaban J connectivity index is 1.97. The zero-order chi connectivity index (χ0) is 13.9. The van der Waals surface area contributed by atoms with Crippen LogP contribution in [0.3, 0.4) is 0 Å². The van der Waals surface area contributed by atoms with Crippen molar-refractivity contribution >= 4 is 10.9 Å². The fraction of sp³-hybridized carbons (Fsp3) is 0.118. The van der Waals surface area contributed by atoms with Crippen LogP contribution >= 0.6 is 0 Å². The Morgan fingerprint density at radius 2 is 1.90 bits per heavy atom. The minimum atomic E-state index is -0.565. The molecule has 3 nitrogen and oxygen atoms in total. The molecule has 3 aromatic rings. The number of fused-ring (bicyclic) bond motifs is 1. The van der Waals surface area contributed by atoms with Crippen LogP contribution in [0.4, 0.5) is 0 Å². The molecular weight excluding hydrogens is 250 g/mol. The van der Waals surface area contributed by atoms with Crippen LogP contribution in [0.5, 0.6) is 11.5 Å². The molecule has 2 aromatic carbocycles. The van der Waals surface area contributed by atoms with E-state index >= 15 is 0 Å². The fourth-order valence-corrected chi connectivity index (χ4v) is 2.16. The average Bonchev–Trinajstić information content (AvgIpc) is 2.47. The minimum Gasteiger partial charge on any atom is -0.457 e. The predicted octanol–water partition coefficient (Wildman–Crippen LogP) is 4.08. The Hall–Kier alpha value is -2.39. The molecule has 0 spiro atoms. The van der Waals surface area contributed by atoms with Gasteiger partial charge in [-0.05, 0) is 31.2 Å². The van der Waals surface area contributed by atoms with Gasteiger partial charge >= 0.3 is 0 Å². The van der Waals surface area contributed by atoms with E-state index in [0.717, 1.165) is 16.5 Å². The van der Waals surface area contributed by atoms with Gasteiger partial charge in [-0.15, -0.1) is 0 Å². The molecule has 20 heavy (non-hydrogen) atoms. The highest BCUT2D eigenvalue weighted by Crippen LogP contribution is 2.30. The normalized spacial score (nSPS) is 12.3. The maximum absolute atomic E-state index is 9.76. The van der Waals surface area contributed by atoms with Crippen molar-refractivity contribution in [2.75, 3.05) is 0 Å². The lowest BCUT2D eigenvalue weighted by Gasteiger charge is -2.13. The lowest BCUT2D eigenvalue weighted by molar-refractivity contribution is 0.195. The van der Waals surface area contributed by atoms with Gasteiger partial charge in [0.2, 0.25) is 0 Å². The number of nitrogens with zero attached hydrogens (tertiary/aromatic N) is 1. The van der Waals surface area contributed by atoms with Gasteiger partial charge in [0.25, 0.3) is 0 Å². The molecule has 0 radical (unpaired) electrons. The van der Waals surface area contributed by atoms with Crippen LogP contribution in [0.15, 0.2) is 60.8 Å². The number of aliphatic hydroxyl groups is 1. The number of rotatable bonds is 3. The third kappa shape index (κ3) is 2.49. The summed E-state index contributed by atoms with van der Waals surface area (Å²) in [6, 6.07) is 17.2. The third-order valence-corrected chi connectivity index (χ3v) is 3.17. The van der Waals surface area contributed by atoms with Crippen LogP contribution in [0, 0.1) is 0 Å². The third-order valence-electron chi connectivity index (χ3n) is 3.17. The maximum atomic E-state index is 9.76. The summed E-state index contributed by atoms with van der Waals surface area (Å²) in [6.45, 7) is 1.73. The molecular formula is C17H15NO2. The summed E-state index contributed by atoms with van der Waals surface area (Å²) in [5.74, 6) is 1.38. The topological polar surface area (TPSA) is 42.4 Å². The van der Waals surface area contributed by atoms with Crippen LogP contribution in [0.2, 0.25) is 0 Å². The van der Waals surface area contributed by atoms with E-state index in [9.17, 15) is 5.11 Å². The second kappa shape index (κ2) is 5.31. The summed E-state index contributed by atoms with van der Waals surface area (Å²) >= 11 is 0. The summed E-state index contributed by atoms with van der Waals surface area (Å²) in [5, 5.41) is 10.8. The zero-order valence-electron chi connectivity index (χ0n) is 11.2. The first-order valence-corrected chi connectivity index (χ1v) is 6.54. The molecule has 0 aliphatic rings. The van der Waals surface area contributed by atoms with Crippen molar-refractivity contribution < 1.29 is 9.84 Å². The molecule has 3 rings (SSSR count). The van der Waals surface area contributed by atoms with E-state index in [0.29, 0.717) is 11.5 Å². The van der Waals surface area contributed by atoms with Crippen LogP contribution < -0.4 is 4.74 Å². The molecule has 0 saturated carbocycles. The van der Waals surface area contributed by atoms with E-state index in [1.54, 1.807) is 13.1 Å². The van der Waals surface area contributed by atoms with Crippen molar-refractivity contribution in [3.05, 3.63) is 66.4 Å². The lowest BCUT2D eigenvalue weighted by atomic mass is 10.1. The van der Waals surface area contributed by atoms with E-state index < -0.39 is 6.10 Å². The molecule has 3 heteroatoms. The number of hydrogen-bond donors (Lipinski definition) is 1. The molecule has 0 unspecified atom stereocenters. The number of benzene rings is 2. The van der Waals surface area contributed by atoms with E-state index in [1.165, 1.54) is 0 Å². The van der Waals surface area contributed by atoms with E-state index in [-0.39, 0.29) is 0 Å². The SMILES string of the molecule is C[C@@H](O)c1ccccc1Oc1ccc2cccnc2c1. The Kier molecular flexibility index (Phi) is 3.35. The van der Waals surface area contributed by atoms with Crippen molar-refractivity contribution in [1.29, 1.82) is 0 Å². The standard InChI is InChI=1S/C17H15NO2/c1-12(19)15-6-2-3-7-17(15)20-14-9-8-13-5-4-10-18-16(13)11-14/h2-12,19H,1H3/t12-/m1/s1. The first-order chi connectivity index (χ1) is 9.74.